The number of hydrogen-bond acceptors (Lipinski definition) is 3. The van der Waals surface area contributed by atoms with Crippen molar-refractivity contribution in [1.82, 2.24) is 14.8 Å². The van der Waals surface area contributed by atoms with Crippen LogP contribution < -0.4 is 0 Å². The maximum Gasteiger partial charge on any atom is 0.145 e. The fourth-order valence-electron chi connectivity index (χ4n) is 1.60. The molecule has 0 bridgehead atoms. The Kier molecular flexibility index (Phi) is 4.60. The lowest BCUT2D eigenvalue weighted by Gasteiger charge is -2.07. The summed E-state index contributed by atoms with van der Waals surface area (Å²) in [6.45, 7) is 1.85. The van der Waals surface area contributed by atoms with Crippen LogP contribution in [0.4, 0.5) is 0 Å². The van der Waals surface area contributed by atoms with Crippen LogP contribution in [0.25, 0.3) is 0 Å². The molecule has 19 heavy (non-hydrogen) atoms. The van der Waals surface area contributed by atoms with Crippen LogP contribution in [0.5, 0.6) is 0 Å². The van der Waals surface area contributed by atoms with Crippen molar-refractivity contribution in [2.24, 2.45) is 7.05 Å². The van der Waals surface area contributed by atoms with Gasteiger partial charge in [-0.3, -0.25) is 4.21 Å². The van der Waals surface area contributed by atoms with Crippen LogP contribution in [0.1, 0.15) is 17.2 Å². The van der Waals surface area contributed by atoms with E-state index in [4.69, 9.17) is 23.2 Å². The lowest BCUT2D eigenvalue weighted by atomic mass is 10.2. The monoisotopic (exact) mass is 317 g/mol. The lowest BCUT2D eigenvalue weighted by molar-refractivity contribution is 0.678. The molecule has 102 valence electrons. The van der Waals surface area contributed by atoms with Gasteiger partial charge in [-0.2, -0.15) is 0 Å². The Hall–Kier alpha value is -0.910. The van der Waals surface area contributed by atoms with Crippen molar-refractivity contribution < 1.29 is 4.21 Å². The van der Waals surface area contributed by atoms with E-state index in [0.717, 1.165) is 5.82 Å². The minimum atomic E-state index is -1.13. The first-order chi connectivity index (χ1) is 8.99. The molecule has 0 unspecified atom stereocenters. The minimum Gasteiger partial charge on any atom is -0.318 e. The molecule has 0 fully saturated rings. The highest BCUT2D eigenvalue weighted by molar-refractivity contribution is 7.83. The molecule has 0 amide bonds. The lowest BCUT2D eigenvalue weighted by Crippen LogP contribution is -2.06. The van der Waals surface area contributed by atoms with E-state index in [2.05, 4.69) is 10.2 Å². The van der Waals surface area contributed by atoms with Gasteiger partial charge in [-0.15, -0.1) is 10.2 Å². The average Bonchev–Trinajstić information content (AvgIpc) is 2.66. The Labute approximate surface area is 124 Å². The van der Waals surface area contributed by atoms with Crippen LogP contribution in [0, 0.1) is 6.92 Å². The van der Waals surface area contributed by atoms with Gasteiger partial charge in [0.05, 0.1) is 11.5 Å². The maximum absolute atomic E-state index is 12.2. The van der Waals surface area contributed by atoms with E-state index in [1.807, 2.05) is 18.5 Å². The van der Waals surface area contributed by atoms with Gasteiger partial charge in [0.15, 0.2) is 0 Å². The summed E-state index contributed by atoms with van der Waals surface area (Å²) in [6.07, 6.45) is 0. The Morgan fingerprint density at radius 2 is 1.84 bits per heavy atom. The standard InChI is InChI=1S/C12H13Cl2N3OS/c1-8-15-16-12(17(8)2)7-19(18)6-9-10(13)4-3-5-11(9)14/h3-5H,6-7H2,1-2H3/t19-/m0/s1. The predicted molar refractivity (Wildman–Crippen MR) is 77.8 cm³/mol. The number of rotatable bonds is 4. The molecular formula is C12H13Cl2N3OS. The molecule has 7 heteroatoms. The molecular weight excluding hydrogens is 305 g/mol. The first kappa shape index (κ1) is 14.5. The van der Waals surface area contributed by atoms with Gasteiger partial charge in [-0.1, -0.05) is 29.3 Å². The molecule has 1 heterocycles. The SMILES string of the molecule is Cc1nnc(C[S@@](=O)Cc2c(Cl)cccc2Cl)n1C. The number of hydrogen-bond donors (Lipinski definition) is 0. The third-order valence-corrected chi connectivity index (χ3v) is 4.74. The predicted octanol–water partition coefficient (Wildman–Crippen LogP) is 2.88. The molecule has 1 aromatic heterocycles. The normalized spacial score (nSPS) is 12.6. The van der Waals surface area contributed by atoms with Crippen LogP contribution in [0.15, 0.2) is 18.2 Å². The molecule has 0 saturated carbocycles. The molecule has 0 N–H and O–H groups in total. The van der Waals surface area contributed by atoms with Crippen LogP contribution in [0.2, 0.25) is 10.0 Å². The summed E-state index contributed by atoms with van der Waals surface area (Å²) in [5.41, 5.74) is 0.711. The van der Waals surface area contributed by atoms with Crippen molar-refractivity contribution in [3.63, 3.8) is 0 Å². The average molecular weight is 318 g/mol. The molecule has 0 aliphatic heterocycles. The largest absolute Gasteiger partial charge is 0.318 e. The van der Waals surface area contributed by atoms with Gasteiger partial charge in [0.25, 0.3) is 0 Å². The Morgan fingerprint density at radius 1 is 1.21 bits per heavy atom. The highest BCUT2D eigenvalue weighted by atomic mass is 35.5. The number of halogens is 2. The van der Waals surface area contributed by atoms with E-state index < -0.39 is 10.8 Å². The Bertz CT molecular complexity index is 607. The summed E-state index contributed by atoms with van der Waals surface area (Å²) in [7, 11) is 0.720. The number of nitrogens with zero attached hydrogens (tertiary/aromatic N) is 3. The summed E-state index contributed by atoms with van der Waals surface area (Å²) < 4.78 is 14.0. The van der Waals surface area contributed by atoms with Crippen LogP contribution >= 0.6 is 23.2 Å². The fourth-order valence-corrected chi connectivity index (χ4v) is 3.57. The summed E-state index contributed by atoms with van der Waals surface area (Å²) >= 11 is 12.1. The topological polar surface area (TPSA) is 47.8 Å². The van der Waals surface area contributed by atoms with Crippen molar-refractivity contribution in [2.45, 2.75) is 18.4 Å². The Morgan fingerprint density at radius 3 is 2.37 bits per heavy atom. The van der Waals surface area contributed by atoms with Crippen molar-refractivity contribution in [2.75, 3.05) is 0 Å². The van der Waals surface area contributed by atoms with E-state index >= 15 is 0 Å². The fraction of sp³-hybridized carbons (Fsp3) is 0.333. The molecule has 0 saturated heterocycles. The molecule has 0 aliphatic carbocycles. The van der Waals surface area contributed by atoms with Crippen molar-refractivity contribution in [1.29, 1.82) is 0 Å². The quantitative estimate of drug-likeness (QED) is 0.871. The second-order valence-corrected chi connectivity index (χ2v) is 6.42. The van der Waals surface area contributed by atoms with Gasteiger partial charge in [0.2, 0.25) is 0 Å². The second-order valence-electron chi connectivity index (χ2n) is 4.15. The van der Waals surface area contributed by atoms with Gasteiger partial charge in [0, 0.05) is 33.5 Å². The summed E-state index contributed by atoms with van der Waals surface area (Å²) in [4.78, 5) is 0. The van der Waals surface area contributed by atoms with Crippen molar-refractivity contribution in [3.05, 3.63) is 45.5 Å². The van der Waals surface area contributed by atoms with Gasteiger partial charge in [-0.25, -0.2) is 0 Å². The van der Waals surface area contributed by atoms with E-state index in [-0.39, 0.29) is 0 Å². The van der Waals surface area contributed by atoms with E-state index in [1.165, 1.54) is 0 Å². The highest BCUT2D eigenvalue weighted by Gasteiger charge is 2.13. The summed E-state index contributed by atoms with van der Waals surface area (Å²) in [5, 5.41) is 9.01. The summed E-state index contributed by atoms with van der Waals surface area (Å²) in [5.74, 6) is 2.13. The number of aryl methyl sites for hydroxylation is 1. The van der Waals surface area contributed by atoms with Crippen molar-refractivity contribution in [3.8, 4) is 0 Å². The molecule has 4 nitrogen and oxygen atoms in total. The molecule has 0 spiro atoms. The van der Waals surface area contributed by atoms with Gasteiger partial charge < -0.3 is 4.57 Å². The first-order valence-electron chi connectivity index (χ1n) is 5.61. The van der Waals surface area contributed by atoms with E-state index in [1.54, 1.807) is 18.2 Å². The third kappa shape index (κ3) is 3.35. The number of aromatic nitrogens is 3. The van der Waals surface area contributed by atoms with Crippen LogP contribution in [0.3, 0.4) is 0 Å². The zero-order valence-corrected chi connectivity index (χ0v) is 12.9. The first-order valence-corrected chi connectivity index (χ1v) is 7.86. The van der Waals surface area contributed by atoms with Gasteiger partial charge >= 0.3 is 0 Å². The highest BCUT2D eigenvalue weighted by Crippen LogP contribution is 2.26. The minimum absolute atomic E-state index is 0.310. The molecule has 1 atom stereocenters. The zero-order chi connectivity index (χ0) is 14.0. The van der Waals surface area contributed by atoms with E-state index in [9.17, 15) is 4.21 Å². The van der Waals surface area contributed by atoms with E-state index in [0.29, 0.717) is 32.9 Å². The van der Waals surface area contributed by atoms with Crippen molar-refractivity contribution >= 4 is 34.0 Å². The van der Waals surface area contributed by atoms with Crippen LogP contribution in [-0.2, 0) is 29.4 Å². The molecule has 2 aromatic rings. The maximum atomic E-state index is 12.2. The van der Waals surface area contributed by atoms with Gasteiger partial charge in [-0.05, 0) is 19.1 Å². The molecule has 2 rings (SSSR count). The van der Waals surface area contributed by atoms with Crippen LogP contribution in [-0.4, -0.2) is 19.0 Å². The second kappa shape index (κ2) is 6.03. The summed E-state index contributed by atoms with van der Waals surface area (Å²) in [6, 6.07) is 5.25. The molecule has 1 aromatic carbocycles. The Balaban J connectivity index is 2.12. The smallest absolute Gasteiger partial charge is 0.145 e. The zero-order valence-electron chi connectivity index (χ0n) is 10.6. The third-order valence-electron chi connectivity index (χ3n) is 2.84. The molecule has 0 radical (unpaired) electrons. The molecule has 0 aliphatic rings. The number of benzene rings is 1. The van der Waals surface area contributed by atoms with Gasteiger partial charge in [0.1, 0.15) is 11.6 Å².